The van der Waals surface area contributed by atoms with Gasteiger partial charge in [-0.05, 0) is 61.7 Å². The minimum Gasteiger partial charge on any atom is -0.456 e. The van der Waals surface area contributed by atoms with Crippen molar-refractivity contribution in [3.8, 4) is 11.5 Å². The molecule has 0 aliphatic heterocycles. The second kappa shape index (κ2) is 7.38. The van der Waals surface area contributed by atoms with Gasteiger partial charge in [-0.15, -0.1) is 0 Å². The topological polar surface area (TPSA) is 21.3 Å². The Bertz CT molecular complexity index is 632. The second-order valence-corrected chi connectivity index (χ2v) is 6.69. The van der Waals surface area contributed by atoms with Gasteiger partial charge in [0.15, 0.2) is 0 Å². The number of halogens is 3. The third kappa shape index (κ3) is 4.80. The molecule has 5 heteroatoms. The molecule has 0 bridgehead atoms. The highest BCUT2D eigenvalue weighted by molar-refractivity contribution is 9.10. The van der Waals surface area contributed by atoms with Gasteiger partial charge in [0.1, 0.15) is 17.3 Å². The molecule has 0 heterocycles. The predicted molar refractivity (Wildman–Crippen MR) is 90.3 cm³/mol. The van der Waals surface area contributed by atoms with Crippen molar-refractivity contribution in [2.24, 2.45) is 0 Å². The zero-order chi connectivity index (χ0) is 15.4. The van der Waals surface area contributed by atoms with Gasteiger partial charge in [-0.1, -0.05) is 19.9 Å². The molecule has 0 spiro atoms. The zero-order valence-corrected chi connectivity index (χ0v) is 15.0. The van der Waals surface area contributed by atoms with Crippen molar-refractivity contribution >= 4 is 31.9 Å². The summed E-state index contributed by atoms with van der Waals surface area (Å²) in [6.07, 6.45) is 0. The smallest absolute Gasteiger partial charge is 0.141 e. The average Bonchev–Trinajstić information content (AvgIpc) is 2.43. The van der Waals surface area contributed by atoms with Gasteiger partial charge in [0.05, 0.1) is 8.95 Å². The molecule has 0 saturated heterocycles. The average molecular weight is 417 g/mol. The van der Waals surface area contributed by atoms with Gasteiger partial charge in [0.2, 0.25) is 0 Å². The van der Waals surface area contributed by atoms with E-state index in [-0.39, 0.29) is 5.82 Å². The van der Waals surface area contributed by atoms with Crippen LogP contribution in [-0.4, -0.2) is 6.04 Å². The Labute approximate surface area is 141 Å². The van der Waals surface area contributed by atoms with Gasteiger partial charge in [-0.2, -0.15) is 0 Å². The minimum absolute atomic E-state index is 0.346. The maximum atomic E-state index is 13.5. The van der Waals surface area contributed by atoms with E-state index in [0.717, 1.165) is 16.6 Å². The summed E-state index contributed by atoms with van der Waals surface area (Å²) in [6.45, 7) is 5.01. The predicted octanol–water partition coefficient (Wildman–Crippen LogP) is 5.64. The van der Waals surface area contributed by atoms with E-state index < -0.39 is 0 Å². The van der Waals surface area contributed by atoms with Crippen molar-refractivity contribution in [1.29, 1.82) is 0 Å². The van der Waals surface area contributed by atoms with E-state index in [1.54, 1.807) is 12.1 Å². The number of ether oxygens (including phenoxy) is 1. The molecule has 21 heavy (non-hydrogen) atoms. The van der Waals surface area contributed by atoms with Crippen molar-refractivity contribution in [2.45, 2.75) is 26.4 Å². The molecule has 2 rings (SSSR count). The van der Waals surface area contributed by atoms with Gasteiger partial charge in [0, 0.05) is 18.7 Å². The van der Waals surface area contributed by atoms with Crippen LogP contribution in [0.25, 0.3) is 0 Å². The molecule has 0 saturated carbocycles. The first-order valence-corrected chi connectivity index (χ1v) is 8.19. The van der Waals surface area contributed by atoms with Crippen molar-refractivity contribution in [2.75, 3.05) is 0 Å². The summed E-state index contributed by atoms with van der Waals surface area (Å²) in [5.41, 5.74) is 1.16. The van der Waals surface area contributed by atoms with Crippen molar-refractivity contribution < 1.29 is 9.13 Å². The Morgan fingerprint density at radius 2 is 1.86 bits per heavy atom. The van der Waals surface area contributed by atoms with E-state index in [1.165, 1.54) is 6.07 Å². The van der Waals surface area contributed by atoms with Crippen LogP contribution in [0.1, 0.15) is 19.4 Å². The summed E-state index contributed by atoms with van der Waals surface area (Å²) in [7, 11) is 0. The van der Waals surface area contributed by atoms with Crippen molar-refractivity contribution in [3.05, 3.63) is 56.7 Å². The molecule has 2 aromatic rings. The second-order valence-electron chi connectivity index (χ2n) is 4.98. The summed E-state index contributed by atoms with van der Waals surface area (Å²) < 4.78 is 20.4. The lowest BCUT2D eigenvalue weighted by Gasteiger charge is -2.11. The Hall–Kier alpha value is -0.910. The molecule has 2 nitrogen and oxygen atoms in total. The number of rotatable bonds is 5. The molecule has 112 valence electrons. The lowest BCUT2D eigenvalue weighted by Crippen LogP contribution is -2.21. The third-order valence-corrected chi connectivity index (χ3v) is 4.09. The first kappa shape index (κ1) is 16.5. The van der Waals surface area contributed by atoms with Crippen LogP contribution in [0.5, 0.6) is 11.5 Å². The standard InChI is InChI=1S/C16H16Br2FNO/c1-10(2)20-9-11-3-6-16(14(18)7-11)21-12-4-5-13(17)15(19)8-12/h3-8,10,20H,9H2,1-2H3. The molecule has 0 fully saturated rings. The van der Waals surface area contributed by atoms with Crippen LogP contribution in [0.3, 0.4) is 0 Å². The maximum absolute atomic E-state index is 13.5. The van der Waals surface area contributed by atoms with E-state index in [0.29, 0.717) is 22.0 Å². The highest BCUT2D eigenvalue weighted by atomic mass is 79.9. The lowest BCUT2D eigenvalue weighted by atomic mass is 10.2. The van der Waals surface area contributed by atoms with E-state index >= 15 is 0 Å². The van der Waals surface area contributed by atoms with Crippen LogP contribution in [0.4, 0.5) is 4.39 Å². The maximum Gasteiger partial charge on any atom is 0.141 e. The van der Waals surface area contributed by atoms with E-state index in [9.17, 15) is 4.39 Å². The number of benzene rings is 2. The molecular formula is C16H16Br2FNO. The van der Waals surface area contributed by atoms with Crippen LogP contribution < -0.4 is 10.1 Å². The Balaban J connectivity index is 2.11. The van der Waals surface area contributed by atoms with Crippen LogP contribution in [0.2, 0.25) is 0 Å². The van der Waals surface area contributed by atoms with E-state index in [1.807, 2.05) is 18.2 Å². The molecule has 0 amide bonds. The summed E-state index contributed by atoms with van der Waals surface area (Å²) in [4.78, 5) is 0. The SMILES string of the molecule is CC(C)NCc1ccc(Oc2ccc(Br)c(F)c2)c(Br)c1. The van der Waals surface area contributed by atoms with Gasteiger partial charge >= 0.3 is 0 Å². The van der Waals surface area contributed by atoms with Crippen LogP contribution in [-0.2, 0) is 6.54 Å². The largest absolute Gasteiger partial charge is 0.456 e. The first-order valence-electron chi connectivity index (χ1n) is 6.60. The molecule has 0 radical (unpaired) electrons. The van der Waals surface area contributed by atoms with E-state index in [2.05, 4.69) is 51.0 Å². The summed E-state index contributed by atoms with van der Waals surface area (Å²) in [6, 6.07) is 11.0. The quantitative estimate of drug-likeness (QED) is 0.680. The van der Waals surface area contributed by atoms with Crippen molar-refractivity contribution in [1.82, 2.24) is 5.32 Å². The van der Waals surface area contributed by atoms with Gasteiger partial charge in [-0.25, -0.2) is 4.39 Å². The monoisotopic (exact) mass is 415 g/mol. The van der Waals surface area contributed by atoms with Gasteiger partial charge in [0.25, 0.3) is 0 Å². The molecule has 0 aliphatic rings. The molecular weight excluding hydrogens is 401 g/mol. The van der Waals surface area contributed by atoms with E-state index in [4.69, 9.17) is 4.74 Å². The fourth-order valence-corrected chi connectivity index (χ4v) is 2.48. The highest BCUT2D eigenvalue weighted by Crippen LogP contribution is 2.31. The Kier molecular flexibility index (Phi) is 5.79. The first-order chi connectivity index (χ1) is 9.95. The number of hydrogen-bond acceptors (Lipinski definition) is 2. The molecule has 1 N–H and O–H groups in total. The third-order valence-electron chi connectivity index (χ3n) is 2.83. The van der Waals surface area contributed by atoms with Crippen molar-refractivity contribution in [3.63, 3.8) is 0 Å². The molecule has 2 aromatic carbocycles. The summed E-state index contributed by atoms with van der Waals surface area (Å²) >= 11 is 6.61. The normalized spacial score (nSPS) is 11.0. The van der Waals surface area contributed by atoms with Crippen LogP contribution in [0, 0.1) is 5.82 Å². The molecule has 0 aliphatic carbocycles. The highest BCUT2D eigenvalue weighted by Gasteiger charge is 2.07. The van der Waals surface area contributed by atoms with Gasteiger partial charge in [-0.3, -0.25) is 0 Å². The fraction of sp³-hybridized carbons (Fsp3) is 0.250. The minimum atomic E-state index is -0.346. The van der Waals surface area contributed by atoms with Crippen LogP contribution >= 0.6 is 31.9 Å². The Morgan fingerprint density at radius 1 is 1.10 bits per heavy atom. The molecule has 0 unspecified atom stereocenters. The fourth-order valence-electron chi connectivity index (χ4n) is 1.73. The number of hydrogen-bond donors (Lipinski definition) is 1. The summed E-state index contributed by atoms with van der Waals surface area (Å²) in [5, 5.41) is 3.36. The number of nitrogens with one attached hydrogen (secondary N) is 1. The van der Waals surface area contributed by atoms with Gasteiger partial charge < -0.3 is 10.1 Å². The Morgan fingerprint density at radius 3 is 2.48 bits per heavy atom. The van der Waals surface area contributed by atoms with Crippen LogP contribution in [0.15, 0.2) is 45.3 Å². The lowest BCUT2D eigenvalue weighted by molar-refractivity contribution is 0.473. The summed E-state index contributed by atoms with van der Waals surface area (Å²) in [5.74, 6) is 0.774. The molecule has 0 atom stereocenters. The zero-order valence-electron chi connectivity index (χ0n) is 11.8. The molecule has 0 aromatic heterocycles.